The zero-order chi connectivity index (χ0) is 14.5. The number of carbonyl (C=O) groups is 3. The number of fused-ring (bicyclic) bond motifs is 1. The van der Waals surface area contributed by atoms with Crippen molar-refractivity contribution >= 4 is 23.5 Å². The number of aryl methyl sites for hydroxylation is 1. The molecule has 106 valence electrons. The quantitative estimate of drug-likeness (QED) is 0.781. The van der Waals surface area contributed by atoms with E-state index in [1.807, 2.05) is 0 Å². The Balaban J connectivity index is 1.95. The minimum Gasteiger partial charge on any atom is -0.481 e. The summed E-state index contributed by atoms with van der Waals surface area (Å²) in [5, 5.41) is 13.5. The largest absolute Gasteiger partial charge is 0.481 e. The number of ketones is 1. The molecule has 0 spiro atoms. The summed E-state index contributed by atoms with van der Waals surface area (Å²) in [4.78, 5) is 33.5. The highest BCUT2D eigenvalue weighted by atomic mass is 16.4. The zero-order valence-electron chi connectivity index (χ0n) is 10.9. The number of Topliss-reactive ketones (excluding diaryl/α,β-unsaturated/α-hetero) is 1. The normalized spacial score (nSPS) is 13.5. The van der Waals surface area contributed by atoms with Crippen LogP contribution in [-0.2, 0) is 11.2 Å². The van der Waals surface area contributed by atoms with Crippen LogP contribution in [0.25, 0.3) is 0 Å². The van der Waals surface area contributed by atoms with Gasteiger partial charge in [-0.15, -0.1) is 0 Å². The average Bonchev–Trinajstić information content (AvgIpc) is 2.38. The van der Waals surface area contributed by atoms with E-state index in [1.54, 1.807) is 18.2 Å². The van der Waals surface area contributed by atoms with Gasteiger partial charge in [-0.25, -0.2) is 4.79 Å². The minimum absolute atomic E-state index is 0.0740. The fraction of sp³-hybridized carbons (Fsp3) is 0.357. The summed E-state index contributed by atoms with van der Waals surface area (Å²) in [5.74, 6) is -0.818. The number of rotatable bonds is 4. The van der Waals surface area contributed by atoms with Crippen LogP contribution in [-0.4, -0.2) is 29.4 Å². The summed E-state index contributed by atoms with van der Waals surface area (Å²) < 4.78 is 0. The summed E-state index contributed by atoms with van der Waals surface area (Å²) in [5.41, 5.74) is 2.28. The molecule has 0 bridgehead atoms. The predicted octanol–water partition coefficient (Wildman–Crippen LogP) is 1.80. The topological polar surface area (TPSA) is 95.5 Å². The lowest BCUT2D eigenvalue weighted by atomic mass is 9.90. The fourth-order valence-electron chi connectivity index (χ4n) is 2.18. The van der Waals surface area contributed by atoms with Gasteiger partial charge in [0.2, 0.25) is 0 Å². The molecule has 1 aromatic rings. The minimum atomic E-state index is -0.961. The standard InChI is InChI=1S/C14H16N2O4/c17-12-3-1-2-9-8-10(4-5-11(9)12)16-14(20)15-7-6-13(18)19/h4-5,8H,1-3,6-7H2,(H,18,19)(H2,15,16,20). The first-order chi connectivity index (χ1) is 9.56. The van der Waals surface area contributed by atoms with Gasteiger partial charge < -0.3 is 15.7 Å². The molecule has 2 amide bonds. The van der Waals surface area contributed by atoms with E-state index in [0.717, 1.165) is 24.0 Å². The van der Waals surface area contributed by atoms with Crippen molar-refractivity contribution in [1.82, 2.24) is 5.32 Å². The van der Waals surface area contributed by atoms with Gasteiger partial charge in [0, 0.05) is 24.2 Å². The summed E-state index contributed by atoms with van der Waals surface area (Å²) in [7, 11) is 0. The van der Waals surface area contributed by atoms with Crippen LogP contribution in [0, 0.1) is 0 Å². The Labute approximate surface area is 116 Å². The Kier molecular flexibility index (Phi) is 4.34. The maximum atomic E-state index is 11.7. The molecule has 1 aliphatic rings. The van der Waals surface area contributed by atoms with E-state index in [0.29, 0.717) is 12.1 Å². The van der Waals surface area contributed by atoms with Crippen LogP contribution in [0.2, 0.25) is 0 Å². The number of hydrogen-bond donors (Lipinski definition) is 3. The van der Waals surface area contributed by atoms with Gasteiger partial charge in [0.25, 0.3) is 0 Å². The number of nitrogens with one attached hydrogen (secondary N) is 2. The number of carbonyl (C=O) groups excluding carboxylic acids is 2. The maximum absolute atomic E-state index is 11.7. The van der Waals surface area contributed by atoms with Gasteiger partial charge in [0.1, 0.15) is 0 Å². The molecule has 2 rings (SSSR count). The van der Waals surface area contributed by atoms with E-state index in [9.17, 15) is 14.4 Å². The number of anilines is 1. The van der Waals surface area contributed by atoms with Crippen molar-refractivity contribution in [3.8, 4) is 0 Å². The summed E-state index contributed by atoms with van der Waals surface area (Å²) in [6, 6.07) is 4.75. The molecule has 0 saturated carbocycles. The van der Waals surface area contributed by atoms with Crippen molar-refractivity contribution in [3.63, 3.8) is 0 Å². The van der Waals surface area contributed by atoms with Crippen molar-refractivity contribution in [3.05, 3.63) is 29.3 Å². The molecule has 6 nitrogen and oxygen atoms in total. The second-order valence-electron chi connectivity index (χ2n) is 4.67. The third-order valence-electron chi connectivity index (χ3n) is 3.14. The van der Waals surface area contributed by atoms with E-state index >= 15 is 0 Å². The first kappa shape index (κ1) is 14.0. The smallest absolute Gasteiger partial charge is 0.319 e. The van der Waals surface area contributed by atoms with Crippen molar-refractivity contribution in [1.29, 1.82) is 0 Å². The zero-order valence-corrected chi connectivity index (χ0v) is 10.9. The van der Waals surface area contributed by atoms with Crippen LogP contribution >= 0.6 is 0 Å². The van der Waals surface area contributed by atoms with E-state index in [4.69, 9.17) is 5.11 Å². The van der Waals surface area contributed by atoms with Crippen LogP contribution in [0.4, 0.5) is 10.5 Å². The van der Waals surface area contributed by atoms with E-state index in [-0.39, 0.29) is 18.7 Å². The molecule has 0 aliphatic heterocycles. The number of aliphatic carboxylic acids is 1. The summed E-state index contributed by atoms with van der Waals surface area (Å²) in [6.07, 6.45) is 2.12. The lowest BCUT2D eigenvalue weighted by molar-refractivity contribution is -0.136. The van der Waals surface area contributed by atoms with E-state index < -0.39 is 12.0 Å². The van der Waals surface area contributed by atoms with Crippen LogP contribution in [0.15, 0.2) is 18.2 Å². The van der Waals surface area contributed by atoms with E-state index in [2.05, 4.69) is 10.6 Å². The summed E-state index contributed by atoms with van der Waals surface area (Å²) in [6.45, 7) is 0.0740. The summed E-state index contributed by atoms with van der Waals surface area (Å²) >= 11 is 0. The maximum Gasteiger partial charge on any atom is 0.319 e. The van der Waals surface area contributed by atoms with Crippen molar-refractivity contribution in [2.24, 2.45) is 0 Å². The molecule has 0 fully saturated rings. The molecule has 0 unspecified atom stereocenters. The number of urea groups is 1. The predicted molar refractivity (Wildman–Crippen MR) is 73.0 cm³/mol. The van der Waals surface area contributed by atoms with Gasteiger partial charge in [-0.3, -0.25) is 9.59 Å². The average molecular weight is 276 g/mol. The Bertz CT molecular complexity index is 554. The SMILES string of the molecule is O=C(O)CCNC(=O)Nc1ccc2c(c1)CCCC2=O. The van der Waals surface area contributed by atoms with Gasteiger partial charge in [-0.2, -0.15) is 0 Å². The van der Waals surface area contributed by atoms with E-state index in [1.165, 1.54) is 0 Å². The Hall–Kier alpha value is -2.37. The van der Waals surface area contributed by atoms with Crippen LogP contribution in [0.1, 0.15) is 35.2 Å². The number of carboxylic acid groups (broad SMARTS) is 1. The first-order valence-electron chi connectivity index (χ1n) is 6.49. The monoisotopic (exact) mass is 276 g/mol. The molecule has 1 aliphatic carbocycles. The Morgan fingerprint density at radius 1 is 1.25 bits per heavy atom. The number of amides is 2. The molecule has 0 radical (unpaired) electrons. The molecule has 3 N–H and O–H groups in total. The molecular weight excluding hydrogens is 260 g/mol. The molecule has 0 saturated heterocycles. The lowest BCUT2D eigenvalue weighted by Crippen LogP contribution is -2.30. The van der Waals surface area contributed by atoms with Gasteiger partial charge in [0.15, 0.2) is 5.78 Å². The molecule has 1 aromatic carbocycles. The Morgan fingerprint density at radius 2 is 2.05 bits per heavy atom. The van der Waals surface area contributed by atoms with Gasteiger partial charge in [-0.05, 0) is 36.6 Å². The molecule has 0 heterocycles. The highest BCUT2D eigenvalue weighted by Gasteiger charge is 2.17. The second-order valence-corrected chi connectivity index (χ2v) is 4.67. The third kappa shape index (κ3) is 3.57. The molecule has 0 atom stereocenters. The van der Waals surface area contributed by atoms with Crippen molar-refractivity contribution in [2.45, 2.75) is 25.7 Å². The molecule has 0 aromatic heterocycles. The van der Waals surface area contributed by atoms with Crippen LogP contribution in [0.5, 0.6) is 0 Å². The first-order valence-corrected chi connectivity index (χ1v) is 6.49. The highest BCUT2D eigenvalue weighted by molar-refractivity contribution is 5.99. The second kappa shape index (κ2) is 6.18. The van der Waals surface area contributed by atoms with Gasteiger partial charge in [0.05, 0.1) is 6.42 Å². The molecule has 20 heavy (non-hydrogen) atoms. The fourth-order valence-corrected chi connectivity index (χ4v) is 2.18. The third-order valence-corrected chi connectivity index (χ3v) is 3.14. The van der Waals surface area contributed by atoms with Crippen LogP contribution in [0.3, 0.4) is 0 Å². The van der Waals surface area contributed by atoms with Gasteiger partial charge >= 0.3 is 12.0 Å². The lowest BCUT2D eigenvalue weighted by Gasteiger charge is -2.16. The number of hydrogen-bond acceptors (Lipinski definition) is 3. The number of benzene rings is 1. The number of carboxylic acids is 1. The van der Waals surface area contributed by atoms with Crippen LogP contribution < -0.4 is 10.6 Å². The molecular formula is C14H16N2O4. The van der Waals surface area contributed by atoms with Crippen molar-refractivity contribution < 1.29 is 19.5 Å². The molecule has 6 heteroatoms. The van der Waals surface area contributed by atoms with Gasteiger partial charge in [-0.1, -0.05) is 0 Å². The van der Waals surface area contributed by atoms with Crippen molar-refractivity contribution in [2.75, 3.05) is 11.9 Å². The highest BCUT2D eigenvalue weighted by Crippen LogP contribution is 2.24. The Morgan fingerprint density at radius 3 is 2.80 bits per heavy atom.